The first-order chi connectivity index (χ1) is 9.11. The van der Waals surface area contributed by atoms with Gasteiger partial charge in [0.05, 0.1) is 21.9 Å². The molecule has 2 rings (SSSR count). The van der Waals surface area contributed by atoms with E-state index in [9.17, 15) is 4.79 Å². The summed E-state index contributed by atoms with van der Waals surface area (Å²) in [4.78, 5) is 11.6. The van der Waals surface area contributed by atoms with Gasteiger partial charge in [0.2, 0.25) is 0 Å². The molecule has 0 bridgehead atoms. The number of nitrogens with one attached hydrogen (secondary N) is 2. The summed E-state index contributed by atoms with van der Waals surface area (Å²) >= 11 is 9.10. The second-order valence-corrected chi connectivity index (χ2v) is 4.77. The average Bonchev–Trinajstić information content (AvgIpc) is 2.96. The lowest BCUT2D eigenvalue weighted by Gasteiger charge is -1.96. The number of aromatic nitrogens is 4. The topological polar surface area (TPSA) is 88.0 Å². The molecule has 0 atom stereocenters. The number of halogens is 2. The van der Waals surface area contributed by atoms with E-state index in [-0.39, 0.29) is 10.7 Å². The zero-order chi connectivity index (χ0) is 13.8. The zero-order valence-corrected chi connectivity index (χ0v) is 12.2. The fourth-order valence-corrected chi connectivity index (χ4v) is 1.89. The van der Waals surface area contributed by atoms with Crippen molar-refractivity contribution in [2.45, 2.75) is 13.5 Å². The lowest BCUT2D eigenvalue weighted by molar-refractivity contribution is 0.0950. The molecule has 0 saturated heterocycles. The molecule has 0 unspecified atom stereocenters. The van der Waals surface area contributed by atoms with Gasteiger partial charge in [-0.1, -0.05) is 11.6 Å². The van der Waals surface area contributed by atoms with Crippen LogP contribution in [0.4, 0.5) is 0 Å². The highest BCUT2D eigenvalue weighted by molar-refractivity contribution is 9.10. The Hall–Kier alpha value is -1.67. The summed E-state index contributed by atoms with van der Waals surface area (Å²) in [6.07, 6.45) is 4.62. The number of carbonyl (C=O) groups is 1. The van der Waals surface area contributed by atoms with Gasteiger partial charge in [0.25, 0.3) is 5.91 Å². The lowest BCUT2D eigenvalue weighted by atomic mass is 10.4. The number of hydrogen-bond acceptors (Lipinski definition) is 4. The Morgan fingerprint density at radius 3 is 3.11 bits per heavy atom. The van der Waals surface area contributed by atoms with Crippen molar-refractivity contribution in [1.82, 2.24) is 25.4 Å². The van der Waals surface area contributed by atoms with Gasteiger partial charge in [-0.15, -0.1) is 0 Å². The number of nitrogens with zero attached hydrogens (tertiary/aromatic N) is 4. The molecule has 0 aliphatic rings. The highest BCUT2D eigenvalue weighted by Crippen LogP contribution is 2.13. The molecule has 9 heteroatoms. The van der Waals surface area contributed by atoms with Crippen LogP contribution in [-0.4, -0.2) is 32.1 Å². The Kier molecular flexibility index (Phi) is 4.33. The molecule has 2 heterocycles. The normalized spacial score (nSPS) is 11.1. The van der Waals surface area contributed by atoms with Gasteiger partial charge in [-0.2, -0.15) is 15.3 Å². The molecule has 0 radical (unpaired) electrons. The van der Waals surface area contributed by atoms with Crippen molar-refractivity contribution in [3.63, 3.8) is 0 Å². The van der Waals surface area contributed by atoms with Crippen LogP contribution in [0.3, 0.4) is 0 Å². The van der Waals surface area contributed by atoms with Gasteiger partial charge in [-0.25, -0.2) is 5.43 Å². The molecule has 2 aromatic heterocycles. The van der Waals surface area contributed by atoms with Gasteiger partial charge in [0, 0.05) is 12.7 Å². The molecule has 0 saturated carbocycles. The van der Waals surface area contributed by atoms with E-state index in [4.69, 9.17) is 11.6 Å². The smallest absolute Gasteiger partial charge is 0.271 e. The van der Waals surface area contributed by atoms with Gasteiger partial charge < -0.3 is 0 Å². The quantitative estimate of drug-likeness (QED) is 0.654. The van der Waals surface area contributed by atoms with Gasteiger partial charge >= 0.3 is 0 Å². The second kappa shape index (κ2) is 5.98. The molecular weight excluding hydrogens is 336 g/mol. The maximum absolute atomic E-state index is 11.6. The number of H-pyrrole nitrogens is 1. The minimum atomic E-state index is -0.468. The Bertz CT molecular complexity index is 619. The van der Waals surface area contributed by atoms with Crippen molar-refractivity contribution >= 4 is 39.7 Å². The predicted octanol–water partition coefficient (Wildman–Crippen LogP) is 1.81. The number of aromatic amines is 1. The average molecular weight is 346 g/mol. The van der Waals surface area contributed by atoms with Crippen molar-refractivity contribution in [3.8, 4) is 0 Å². The summed E-state index contributed by atoms with van der Waals surface area (Å²) in [6, 6.07) is 0. The van der Waals surface area contributed by atoms with E-state index in [1.54, 1.807) is 4.68 Å². The Morgan fingerprint density at radius 1 is 1.74 bits per heavy atom. The number of aryl methyl sites for hydroxylation is 1. The first-order valence-electron chi connectivity index (χ1n) is 5.37. The van der Waals surface area contributed by atoms with Crippen LogP contribution in [0.25, 0.3) is 0 Å². The maximum atomic E-state index is 11.6. The van der Waals surface area contributed by atoms with Gasteiger partial charge in [-0.05, 0) is 22.9 Å². The zero-order valence-electron chi connectivity index (χ0n) is 9.89. The minimum absolute atomic E-state index is 0.164. The number of hydrogen-bond donors (Lipinski definition) is 2. The van der Waals surface area contributed by atoms with Crippen LogP contribution in [-0.2, 0) is 6.54 Å². The monoisotopic (exact) mass is 344 g/mol. The first-order valence-corrected chi connectivity index (χ1v) is 6.54. The number of hydrazone groups is 1. The highest BCUT2D eigenvalue weighted by Gasteiger charge is 2.11. The summed E-state index contributed by atoms with van der Waals surface area (Å²) < 4.78 is 2.55. The molecule has 0 aliphatic carbocycles. The summed E-state index contributed by atoms with van der Waals surface area (Å²) in [6.45, 7) is 2.73. The van der Waals surface area contributed by atoms with E-state index >= 15 is 0 Å². The highest BCUT2D eigenvalue weighted by atomic mass is 79.9. The molecule has 1 amide bonds. The standard InChI is InChI=1S/C10H10BrClN6O/c1-2-18-5-6(11)8(17-18)4-14-16-10(19)9-7(12)3-13-15-9/h3-5H,2H2,1H3,(H,13,15)(H,16,19)/b14-4+. The van der Waals surface area contributed by atoms with Crippen molar-refractivity contribution in [1.29, 1.82) is 0 Å². The lowest BCUT2D eigenvalue weighted by Crippen LogP contribution is -2.18. The van der Waals surface area contributed by atoms with E-state index in [2.05, 4.69) is 41.8 Å². The van der Waals surface area contributed by atoms with Crippen LogP contribution < -0.4 is 5.43 Å². The molecule has 0 aromatic carbocycles. The van der Waals surface area contributed by atoms with Gasteiger partial charge in [0.15, 0.2) is 0 Å². The van der Waals surface area contributed by atoms with Crippen LogP contribution in [0.1, 0.15) is 23.1 Å². The third-order valence-electron chi connectivity index (χ3n) is 2.24. The third-order valence-corrected chi connectivity index (χ3v) is 3.14. The van der Waals surface area contributed by atoms with Crippen LogP contribution in [0.15, 0.2) is 22.0 Å². The molecule has 19 heavy (non-hydrogen) atoms. The summed E-state index contributed by atoms with van der Waals surface area (Å²) in [5.41, 5.74) is 3.12. The summed E-state index contributed by atoms with van der Waals surface area (Å²) in [7, 11) is 0. The van der Waals surface area contributed by atoms with Crippen molar-refractivity contribution in [2.24, 2.45) is 5.10 Å². The SMILES string of the molecule is CCn1cc(Br)c(/C=N/NC(=O)c2[nH]ncc2Cl)n1. The third kappa shape index (κ3) is 3.21. The fraction of sp³-hybridized carbons (Fsp3) is 0.200. The molecule has 0 fully saturated rings. The second-order valence-electron chi connectivity index (χ2n) is 3.51. The Morgan fingerprint density at radius 2 is 2.53 bits per heavy atom. The van der Waals surface area contributed by atoms with Crippen molar-refractivity contribution in [2.75, 3.05) is 0 Å². The molecule has 7 nitrogen and oxygen atoms in total. The maximum Gasteiger partial charge on any atom is 0.290 e. The van der Waals surface area contributed by atoms with E-state index in [1.807, 2.05) is 13.1 Å². The van der Waals surface area contributed by atoms with Gasteiger partial charge in [0.1, 0.15) is 11.4 Å². The molecule has 2 N–H and O–H groups in total. The van der Waals surface area contributed by atoms with Crippen LogP contribution in [0.2, 0.25) is 5.02 Å². The first kappa shape index (κ1) is 13.8. The number of carbonyl (C=O) groups excluding carboxylic acids is 1. The van der Waals surface area contributed by atoms with E-state index in [0.29, 0.717) is 5.69 Å². The van der Waals surface area contributed by atoms with Crippen LogP contribution in [0, 0.1) is 0 Å². The van der Waals surface area contributed by atoms with Crippen LogP contribution >= 0.6 is 27.5 Å². The molecule has 0 aliphatic heterocycles. The molecule has 0 spiro atoms. The number of rotatable bonds is 4. The van der Waals surface area contributed by atoms with E-state index in [1.165, 1.54) is 12.4 Å². The molecule has 2 aromatic rings. The Labute approximate surface area is 122 Å². The Balaban J connectivity index is 2.02. The number of amides is 1. The summed E-state index contributed by atoms with van der Waals surface area (Å²) in [5, 5.41) is 14.4. The fourth-order valence-electron chi connectivity index (χ4n) is 1.30. The minimum Gasteiger partial charge on any atom is -0.271 e. The molecule has 100 valence electrons. The van der Waals surface area contributed by atoms with Gasteiger partial charge in [-0.3, -0.25) is 14.6 Å². The van der Waals surface area contributed by atoms with Crippen molar-refractivity contribution in [3.05, 3.63) is 33.3 Å². The summed E-state index contributed by atoms with van der Waals surface area (Å²) in [5.74, 6) is -0.468. The largest absolute Gasteiger partial charge is 0.290 e. The van der Waals surface area contributed by atoms with E-state index in [0.717, 1.165) is 11.0 Å². The van der Waals surface area contributed by atoms with Crippen LogP contribution in [0.5, 0.6) is 0 Å². The predicted molar refractivity (Wildman–Crippen MR) is 74.3 cm³/mol. The van der Waals surface area contributed by atoms with Crippen molar-refractivity contribution < 1.29 is 4.79 Å². The molecular formula is C10H10BrClN6O. The van der Waals surface area contributed by atoms with E-state index < -0.39 is 5.91 Å².